The average Bonchev–Trinajstić information content (AvgIpc) is 2.87. The smallest absolute Gasteiger partial charge is 0.270 e. The zero-order chi connectivity index (χ0) is 15.6. The maximum Gasteiger partial charge on any atom is 0.270 e. The van der Waals surface area contributed by atoms with E-state index in [0.717, 1.165) is 0 Å². The summed E-state index contributed by atoms with van der Waals surface area (Å²) in [4.78, 5) is 10.4. The number of hydrogen-bond donors (Lipinski definition) is 1. The molecule has 0 saturated carbocycles. The number of nitro benzene ring substituents is 1. The second-order valence-electron chi connectivity index (χ2n) is 5.11. The number of ether oxygens (including phenoxy) is 1. The molecule has 8 nitrogen and oxygen atoms in total. The number of rotatable bonds is 5. The molecule has 1 N–H and O–H groups in total. The van der Waals surface area contributed by atoms with Crippen LogP contribution in [0, 0.1) is 10.1 Å². The Balaban J connectivity index is 2.32. The van der Waals surface area contributed by atoms with Crippen LogP contribution in [0.3, 0.4) is 0 Å². The van der Waals surface area contributed by atoms with Crippen molar-refractivity contribution in [1.29, 1.82) is 0 Å². The molecule has 0 radical (unpaired) electrons. The standard InChI is InChI=1S/C13H16N4O4/c1-13(2,18)12-8-16(15-14-12)7-9-6-10(17(19)20)4-5-11(9)21-3/h4-6,8,18H,7H2,1-3H3. The molecule has 0 bridgehead atoms. The van der Waals surface area contributed by atoms with Crippen LogP contribution >= 0.6 is 0 Å². The van der Waals surface area contributed by atoms with E-state index >= 15 is 0 Å². The Hall–Kier alpha value is -2.48. The Morgan fingerprint density at radius 1 is 1.48 bits per heavy atom. The fourth-order valence-corrected chi connectivity index (χ4v) is 1.83. The molecule has 2 rings (SSSR count). The molecule has 0 aliphatic rings. The minimum absolute atomic E-state index is 0.0198. The monoisotopic (exact) mass is 292 g/mol. The van der Waals surface area contributed by atoms with Crippen LogP contribution in [0.4, 0.5) is 5.69 Å². The molecule has 112 valence electrons. The van der Waals surface area contributed by atoms with E-state index in [4.69, 9.17) is 4.74 Å². The minimum Gasteiger partial charge on any atom is -0.496 e. The summed E-state index contributed by atoms with van der Waals surface area (Å²) in [6, 6.07) is 4.36. The number of hydrogen-bond acceptors (Lipinski definition) is 6. The van der Waals surface area contributed by atoms with Gasteiger partial charge in [0, 0.05) is 17.7 Å². The lowest BCUT2D eigenvalue weighted by atomic mass is 10.1. The predicted octanol–water partition coefficient (Wildman–Crippen LogP) is 1.47. The first-order chi connectivity index (χ1) is 9.81. The van der Waals surface area contributed by atoms with E-state index in [1.807, 2.05) is 0 Å². The molecule has 21 heavy (non-hydrogen) atoms. The van der Waals surface area contributed by atoms with Gasteiger partial charge in [-0.3, -0.25) is 10.1 Å². The molecule has 0 unspecified atom stereocenters. The number of nitro groups is 1. The third-order valence-electron chi connectivity index (χ3n) is 2.97. The van der Waals surface area contributed by atoms with E-state index in [-0.39, 0.29) is 12.2 Å². The molecule has 0 saturated heterocycles. The highest BCUT2D eigenvalue weighted by Crippen LogP contribution is 2.25. The second kappa shape index (κ2) is 5.49. The lowest BCUT2D eigenvalue weighted by Crippen LogP contribution is -2.15. The summed E-state index contributed by atoms with van der Waals surface area (Å²) in [5, 5.41) is 28.5. The van der Waals surface area contributed by atoms with E-state index in [0.29, 0.717) is 17.0 Å². The molecular weight excluding hydrogens is 276 g/mol. The van der Waals surface area contributed by atoms with Gasteiger partial charge in [0.15, 0.2) is 0 Å². The first-order valence-electron chi connectivity index (χ1n) is 6.25. The SMILES string of the molecule is COc1ccc([N+](=O)[O-])cc1Cn1cc(C(C)(C)O)nn1. The van der Waals surface area contributed by atoms with Gasteiger partial charge in [0.1, 0.15) is 17.0 Å². The van der Waals surface area contributed by atoms with Crippen LogP contribution in [0.25, 0.3) is 0 Å². The molecule has 0 amide bonds. The Morgan fingerprint density at radius 3 is 2.71 bits per heavy atom. The molecule has 8 heteroatoms. The van der Waals surface area contributed by atoms with Gasteiger partial charge in [-0.1, -0.05) is 5.21 Å². The van der Waals surface area contributed by atoms with Crippen molar-refractivity contribution in [1.82, 2.24) is 15.0 Å². The lowest BCUT2D eigenvalue weighted by Gasteiger charge is -2.12. The predicted molar refractivity (Wildman–Crippen MR) is 74.0 cm³/mol. The highest BCUT2D eigenvalue weighted by molar-refractivity contribution is 5.43. The quantitative estimate of drug-likeness (QED) is 0.661. The third-order valence-corrected chi connectivity index (χ3v) is 2.97. The molecule has 1 heterocycles. The highest BCUT2D eigenvalue weighted by atomic mass is 16.6. The normalized spacial score (nSPS) is 11.4. The molecule has 2 aromatic rings. The van der Waals surface area contributed by atoms with E-state index in [2.05, 4.69) is 10.3 Å². The highest BCUT2D eigenvalue weighted by Gasteiger charge is 2.20. The number of nitrogens with zero attached hydrogens (tertiary/aromatic N) is 4. The van der Waals surface area contributed by atoms with Gasteiger partial charge in [-0.2, -0.15) is 0 Å². The van der Waals surface area contributed by atoms with Gasteiger partial charge in [0.25, 0.3) is 5.69 Å². The molecule has 0 aliphatic heterocycles. The van der Waals surface area contributed by atoms with Gasteiger partial charge in [-0.25, -0.2) is 4.68 Å². The van der Waals surface area contributed by atoms with Crippen LogP contribution in [0.1, 0.15) is 25.1 Å². The van der Waals surface area contributed by atoms with Crippen molar-refractivity contribution in [3.8, 4) is 5.75 Å². The molecule has 1 aromatic carbocycles. The molecule has 0 fully saturated rings. The van der Waals surface area contributed by atoms with Crippen molar-refractivity contribution in [2.45, 2.75) is 26.0 Å². The van der Waals surface area contributed by atoms with Crippen molar-refractivity contribution in [2.24, 2.45) is 0 Å². The summed E-state index contributed by atoms with van der Waals surface area (Å²) in [6.45, 7) is 3.47. The Morgan fingerprint density at radius 2 is 2.19 bits per heavy atom. The van der Waals surface area contributed by atoms with Crippen molar-refractivity contribution in [2.75, 3.05) is 7.11 Å². The first-order valence-corrected chi connectivity index (χ1v) is 6.25. The van der Waals surface area contributed by atoms with Gasteiger partial charge < -0.3 is 9.84 Å². The maximum atomic E-state index is 10.8. The second-order valence-corrected chi connectivity index (χ2v) is 5.11. The van der Waals surface area contributed by atoms with Crippen LogP contribution in [0.5, 0.6) is 5.75 Å². The van der Waals surface area contributed by atoms with E-state index in [1.165, 1.54) is 23.9 Å². The van der Waals surface area contributed by atoms with E-state index < -0.39 is 10.5 Å². The average molecular weight is 292 g/mol. The summed E-state index contributed by atoms with van der Waals surface area (Å²) >= 11 is 0. The van der Waals surface area contributed by atoms with Gasteiger partial charge in [0.2, 0.25) is 0 Å². The summed E-state index contributed by atoms with van der Waals surface area (Å²) in [7, 11) is 1.49. The summed E-state index contributed by atoms with van der Waals surface area (Å²) in [5.74, 6) is 0.529. The number of benzene rings is 1. The van der Waals surface area contributed by atoms with Crippen molar-refractivity contribution in [3.63, 3.8) is 0 Å². The largest absolute Gasteiger partial charge is 0.496 e. The molecule has 0 atom stereocenters. The summed E-state index contributed by atoms with van der Waals surface area (Å²) in [5.41, 5.74) is -0.0789. The molecular formula is C13H16N4O4. The number of methoxy groups -OCH3 is 1. The van der Waals surface area contributed by atoms with Crippen LogP contribution in [0.2, 0.25) is 0 Å². The number of non-ortho nitro benzene ring substituents is 1. The van der Waals surface area contributed by atoms with Crippen LogP contribution in [-0.4, -0.2) is 32.1 Å². The third kappa shape index (κ3) is 3.34. The fourth-order valence-electron chi connectivity index (χ4n) is 1.83. The number of aromatic nitrogens is 3. The fraction of sp³-hybridized carbons (Fsp3) is 0.385. The Labute approximate surface area is 121 Å². The van der Waals surface area contributed by atoms with Crippen molar-refractivity contribution in [3.05, 3.63) is 45.8 Å². The van der Waals surface area contributed by atoms with E-state index in [1.54, 1.807) is 26.1 Å². The molecule has 0 aliphatic carbocycles. The summed E-state index contributed by atoms with van der Waals surface area (Å²) in [6.07, 6.45) is 1.60. The van der Waals surface area contributed by atoms with Crippen LogP contribution < -0.4 is 4.74 Å². The Bertz CT molecular complexity index is 660. The zero-order valence-electron chi connectivity index (χ0n) is 12.0. The lowest BCUT2D eigenvalue weighted by molar-refractivity contribution is -0.384. The van der Waals surface area contributed by atoms with Gasteiger partial charge in [0.05, 0.1) is 24.8 Å². The Kier molecular flexibility index (Phi) is 3.90. The van der Waals surface area contributed by atoms with Gasteiger partial charge >= 0.3 is 0 Å². The van der Waals surface area contributed by atoms with E-state index in [9.17, 15) is 15.2 Å². The van der Waals surface area contributed by atoms with Gasteiger partial charge in [-0.15, -0.1) is 5.10 Å². The van der Waals surface area contributed by atoms with Crippen molar-refractivity contribution >= 4 is 5.69 Å². The summed E-state index contributed by atoms with van der Waals surface area (Å²) < 4.78 is 6.69. The molecule has 1 aromatic heterocycles. The van der Waals surface area contributed by atoms with Crippen LogP contribution in [-0.2, 0) is 12.1 Å². The number of aliphatic hydroxyl groups is 1. The van der Waals surface area contributed by atoms with Crippen LogP contribution in [0.15, 0.2) is 24.4 Å². The molecule has 0 spiro atoms. The zero-order valence-corrected chi connectivity index (χ0v) is 12.0. The minimum atomic E-state index is -1.09. The maximum absolute atomic E-state index is 10.8. The van der Waals surface area contributed by atoms with Gasteiger partial charge in [-0.05, 0) is 19.9 Å². The first kappa shape index (κ1) is 14.9. The topological polar surface area (TPSA) is 103 Å². The van der Waals surface area contributed by atoms with Crippen molar-refractivity contribution < 1.29 is 14.8 Å².